The Hall–Kier alpha value is -1.35. The maximum Gasteiger partial charge on any atom is 0.146 e. The van der Waals surface area contributed by atoms with Crippen molar-refractivity contribution in [2.75, 3.05) is 0 Å². The molecule has 0 saturated heterocycles. The number of nitrogens with zero attached hydrogens (tertiary/aromatic N) is 1. The fourth-order valence-electron chi connectivity index (χ4n) is 1.75. The largest absolute Gasteiger partial charge is 0.318 e. The van der Waals surface area contributed by atoms with E-state index < -0.39 is 16.7 Å². The molecule has 84 valence electrons. The highest BCUT2D eigenvalue weighted by molar-refractivity contribution is 6.30. The Morgan fingerprint density at radius 2 is 1.44 bits per heavy atom. The number of hydrogen-bond acceptors (Lipinski definition) is 0. The molecule has 0 amide bonds. The standard InChI is InChI=1S/C12H10ClF2N/c1-7-3-4-8(2)16(7)9-5-10(14)12(13)11(15)6-9/h3-6H,1-2H3. The smallest absolute Gasteiger partial charge is 0.146 e. The fourth-order valence-corrected chi connectivity index (χ4v) is 1.86. The van der Waals surface area contributed by atoms with E-state index in [0.29, 0.717) is 5.69 Å². The highest BCUT2D eigenvalue weighted by atomic mass is 35.5. The third-order valence-corrected chi connectivity index (χ3v) is 2.86. The van der Waals surface area contributed by atoms with Crippen LogP contribution >= 0.6 is 11.6 Å². The van der Waals surface area contributed by atoms with Crippen LogP contribution in [0.3, 0.4) is 0 Å². The molecule has 0 atom stereocenters. The fraction of sp³-hybridized carbons (Fsp3) is 0.167. The topological polar surface area (TPSA) is 4.93 Å². The Morgan fingerprint density at radius 1 is 1.00 bits per heavy atom. The lowest BCUT2D eigenvalue weighted by Gasteiger charge is -2.10. The van der Waals surface area contributed by atoms with Crippen molar-refractivity contribution in [1.29, 1.82) is 0 Å². The van der Waals surface area contributed by atoms with Gasteiger partial charge in [-0.2, -0.15) is 0 Å². The van der Waals surface area contributed by atoms with Gasteiger partial charge in [0, 0.05) is 11.4 Å². The van der Waals surface area contributed by atoms with Crippen LogP contribution in [0.15, 0.2) is 24.3 Å². The lowest BCUT2D eigenvalue weighted by atomic mass is 10.2. The highest BCUT2D eigenvalue weighted by Crippen LogP contribution is 2.24. The van der Waals surface area contributed by atoms with Gasteiger partial charge in [-0.05, 0) is 38.1 Å². The van der Waals surface area contributed by atoms with Crippen molar-refractivity contribution >= 4 is 11.6 Å². The van der Waals surface area contributed by atoms with E-state index in [1.807, 2.05) is 26.0 Å². The highest BCUT2D eigenvalue weighted by Gasteiger charge is 2.11. The SMILES string of the molecule is Cc1ccc(C)n1-c1cc(F)c(Cl)c(F)c1. The van der Waals surface area contributed by atoms with E-state index in [2.05, 4.69) is 0 Å². The first-order chi connectivity index (χ1) is 7.50. The second-order valence-electron chi connectivity index (χ2n) is 3.67. The number of aromatic nitrogens is 1. The number of halogens is 3. The van der Waals surface area contributed by atoms with E-state index >= 15 is 0 Å². The predicted molar refractivity (Wildman–Crippen MR) is 60.2 cm³/mol. The van der Waals surface area contributed by atoms with Gasteiger partial charge in [-0.25, -0.2) is 8.78 Å². The Labute approximate surface area is 97.3 Å². The first-order valence-corrected chi connectivity index (χ1v) is 5.18. The third kappa shape index (κ3) is 1.71. The molecule has 0 bridgehead atoms. The zero-order valence-electron chi connectivity index (χ0n) is 8.89. The molecule has 0 fully saturated rings. The second kappa shape index (κ2) is 3.91. The maximum atomic E-state index is 13.3. The van der Waals surface area contributed by atoms with Crippen LogP contribution in [0.25, 0.3) is 5.69 Å². The average molecular weight is 242 g/mol. The van der Waals surface area contributed by atoms with Crippen molar-refractivity contribution < 1.29 is 8.78 Å². The van der Waals surface area contributed by atoms with Crippen molar-refractivity contribution in [3.05, 3.63) is 52.3 Å². The monoisotopic (exact) mass is 241 g/mol. The summed E-state index contributed by atoms with van der Waals surface area (Å²) >= 11 is 5.43. The van der Waals surface area contributed by atoms with Crippen molar-refractivity contribution in [2.24, 2.45) is 0 Å². The van der Waals surface area contributed by atoms with Crippen LogP contribution in [0, 0.1) is 25.5 Å². The van der Waals surface area contributed by atoms with E-state index in [9.17, 15) is 8.78 Å². The van der Waals surface area contributed by atoms with Gasteiger partial charge in [0.25, 0.3) is 0 Å². The van der Waals surface area contributed by atoms with Crippen LogP contribution in [0.5, 0.6) is 0 Å². The maximum absolute atomic E-state index is 13.3. The van der Waals surface area contributed by atoms with E-state index in [0.717, 1.165) is 11.4 Å². The molecular weight excluding hydrogens is 232 g/mol. The van der Waals surface area contributed by atoms with E-state index in [4.69, 9.17) is 11.6 Å². The number of rotatable bonds is 1. The van der Waals surface area contributed by atoms with Crippen molar-refractivity contribution in [2.45, 2.75) is 13.8 Å². The van der Waals surface area contributed by atoms with Crippen molar-refractivity contribution in [3.8, 4) is 5.69 Å². The predicted octanol–water partition coefficient (Wildman–Crippen LogP) is 4.03. The van der Waals surface area contributed by atoms with Crippen LogP contribution in [-0.2, 0) is 0 Å². The van der Waals surface area contributed by atoms with Gasteiger partial charge in [-0.1, -0.05) is 11.6 Å². The van der Waals surface area contributed by atoms with Crippen LogP contribution in [-0.4, -0.2) is 4.57 Å². The Kier molecular flexibility index (Phi) is 2.72. The summed E-state index contributed by atoms with van der Waals surface area (Å²) in [5.41, 5.74) is 2.27. The van der Waals surface area contributed by atoms with Gasteiger partial charge >= 0.3 is 0 Å². The molecule has 2 aromatic rings. The number of aryl methyl sites for hydroxylation is 2. The van der Waals surface area contributed by atoms with Crippen LogP contribution in [0.4, 0.5) is 8.78 Å². The quantitative estimate of drug-likeness (QED) is 0.665. The van der Waals surface area contributed by atoms with Gasteiger partial charge in [0.1, 0.15) is 16.7 Å². The molecule has 0 N–H and O–H groups in total. The van der Waals surface area contributed by atoms with Crippen LogP contribution < -0.4 is 0 Å². The molecule has 0 aliphatic rings. The molecule has 1 aromatic heterocycles. The molecule has 1 nitrogen and oxygen atoms in total. The molecule has 2 rings (SSSR count). The first-order valence-electron chi connectivity index (χ1n) is 4.80. The zero-order valence-corrected chi connectivity index (χ0v) is 9.65. The molecule has 1 heterocycles. The van der Waals surface area contributed by atoms with Gasteiger partial charge in [-0.15, -0.1) is 0 Å². The first kappa shape index (κ1) is 11.1. The molecule has 16 heavy (non-hydrogen) atoms. The summed E-state index contributed by atoms with van der Waals surface area (Å²) < 4.78 is 28.4. The Bertz CT molecular complexity index is 503. The lowest BCUT2D eigenvalue weighted by Crippen LogP contribution is -2.00. The van der Waals surface area contributed by atoms with E-state index in [1.54, 1.807) is 4.57 Å². The average Bonchev–Trinajstić information content (AvgIpc) is 2.54. The molecule has 4 heteroatoms. The Balaban J connectivity index is 2.66. The van der Waals surface area contributed by atoms with Crippen molar-refractivity contribution in [3.63, 3.8) is 0 Å². The number of benzene rings is 1. The van der Waals surface area contributed by atoms with E-state index in [-0.39, 0.29) is 0 Å². The minimum atomic E-state index is -0.746. The summed E-state index contributed by atoms with van der Waals surface area (Å²) in [6.45, 7) is 3.74. The molecule has 0 aliphatic carbocycles. The summed E-state index contributed by atoms with van der Waals surface area (Å²) in [4.78, 5) is 0. The minimum absolute atomic E-state index is 0.444. The normalized spacial score (nSPS) is 10.8. The molecule has 0 unspecified atom stereocenters. The van der Waals surface area contributed by atoms with E-state index in [1.165, 1.54) is 12.1 Å². The summed E-state index contributed by atoms with van der Waals surface area (Å²) in [6.07, 6.45) is 0. The van der Waals surface area contributed by atoms with Gasteiger partial charge in [0.05, 0.1) is 5.69 Å². The molecule has 0 spiro atoms. The number of hydrogen-bond donors (Lipinski definition) is 0. The Morgan fingerprint density at radius 3 is 1.88 bits per heavy atom. The summed E-state index contributed by atoms with van der Waals surface area (Å²) in [5, 5.41) is -0.466. The summed E-state index contributed by atoms with van der Waals surface area (Å²) in [7, 11) is 0. The third-order valence-electron chi connectivity index (χ3n) is 2.50. The molecule has 1 aromatic carbocycles. The van der Waals surface area contributed by atoms with Crippen molar-refractivity contribution in [1.82, 2.24) is 4.57 Å². The zero-order chi connectivity index (χ0) is 11.9. The van der Waals surface area contributed by atoms with Crippen LogP contribution in [0.2, 0.25) is 5.02 Å². The van der Waals surface area contributed by atoms with Crippen LogP contribution in [0.1, 0.15) is 11.4 Å². The minimum Gasteiger partial charge on any atom is -0.318 e. The molecular formula is C12H10ClF2N. The second-order valence-corrected chi connectivity index (χ2v) is 4.05. The van der Waals surface area contributed by atoms with Gasteiger partial charge in [-0.3, -0.25) is 0 Å². The lowest BCUT2D eigenvalue weighted by molar-refractivity contribution is 0.582. The molecule has 0 aliphatic heterocycles. The summed E-state index contributed by atoms with van der Waals surface area (Å²) in [6, 6.07) is 6.23. The molecule has 0 saturated carbocycles. The molecule has 0 radical (unpaired) electrons. The van der Waals surface area contributed by atoms with Gasteiger partial charge in [0.15, 0.2) is 0 Å². The van der Waals surface area contributed by atoms with Gasteiger partial charge in [0.2, 0.25) is 0 Å². The van der Waals surface area contributed by atoms with Gasteiger partial charge < -0.3 is 4.57 Å². The summed E-state index contributed by atoms with van der Waals surface area (Å²) in [5.74, 6) is -1.49.